The van der Waals surface area contributed by atoms with Crippen LogP contribution in [0.5, 0.6) is 0 Å². The molecule has 2 heterocycles. The van der Waals surface area contributed by atoms with Crippen LogP contribution in [0.15, 0.2) is 53.0 Å². The third-order valence-electron chi connectivity index (χ3n) is 3.62. The van der Waals surface area contributed by atoms with Crippen LogP contribution in [-0.2, 0) is 7.05 Å². The predicted octanol–water partition coefficient (Wildman–Crippen LogP) is 4.59. The largest absolute Gasteiger partial charge is 0.342 e. The van der Waals surface area contributed by atoms with Crippen LogP contribution in [0.3, 0.4) is 0 Å². The number of nitrogens with zero attached hydrogens (tertiary/aromatic N) is 2. The van der Waals surface area contributed by atoms with Crippen molar-refractivity contribution in [1.82, 2.24) is 9.55 Å². The Hall–Kier alpha value is -1.87. The fourth-order valence-corrected chi connectivity index (χ4v) is 3.09. The van der Waals surface area contributed by atoms with Crippen LogP contribution in [0.2, 0.25) is 0 Å². The normalized spacial score (nSPS) is 11.7. The zero-order valence-corrected chi connectivity index (χ0v) is 12.0. The van der Waals surface area contributed by atoms with E-state index in [4.69, 9.17) is 4.98 Å². The molecule has 2 nitrogen and oxygen atoms in total. The van der Waals surface area contributed by atoms with Crippen molar-refractivity contribution in [3.8, 4) is 11.4 Å². The van der Waals surface area contributed by atoms with Crippen LogP contribution in [0.1, 0.15) is 0 Å². The lowest BCUT2D eigenvalue weighted by Crippen LogP contribution is -1.98. The van der Waals surface area contributed by atoms with E-state index in [2.05, 4.69) is 70.0 Å². The van der Waals surface area contributed by atoms with E-state index >= 15 is 0 Å². The number of aryl methyl sites for hydroxylation is 1. The molecule has 0 fully saturated rings. The van der Waals surface area contributed by atoms with E-state index in [1.807, 2.05) is 6.07 Å². The standard InChI is InChI=1S/C16H11BrN2/c1-19-15-9-11(17)7-6-10(15)8-14-16(19)12-4-2-3-5-13(12)18-14/h2-9H,1H3. The van der Waals surface area contributed by atoms with Crippen LogP contribution in [0, 0.1) is 0 Å². The Morgan fingerprint density at radius 3 is 2.79 bits per heavy atom. The van der Waals surface area contributed by atoms with Crippen molar-refractivity contribution < 1.29 is 0 Å². The van der Waals surface area contributed by atoms with Gasteiger partial charge in [-0.25, -0.2) is 4.98 Å². The van der Waals surface area contributed by atoms with Crippen LogP contribution < -0.4 is 0 Å². The van der Waals surface area contributed by atoms with Gasteiger partial charge in [-0.05, 0) is 24.3 Å². The fourth-order valence-electron chi connectivity index (χ4n) is 2.74. The van der Waals surface area contributed by atoms with Crippen LogP contribution in [-0.4, -0.2) is 9.55 Å². The Labute approximate surface area is 119 Å². The molecule has 2 aromatic rings. The maximum absolute atomic E-state index is 4.72. The first-order valence-electron chi connectivity index (χ1n) is 6.17. The average molecular weight is 311 g/mol. The Morgan fingerprint density at radius 1 is 1.05 bits per heavy atom. The number of hydrogen-bond acceptors (Lipinski definition) is 1. The first-order valence-corrected chi connectivity index (χ1v) is 6.97. The Kier molecular flexibility index (Phi) is 2.21. The smallest absolute Gasteiger partial charge is 0.0887 e. The van der Waals surface area contributed by atoms with Crippen molar-refractivity contribution >= 4 is 37.7 Å². The molecule has 3 heteroatoms. The van der Waals surface area contributed by atoms with Gasteiger partial charge in [0.2, 0.25) is 0 Å². The van der Waals surface area contributed by atoms with Crippen LogP contribution >= 0.6 is 15.9 Å². The van der Waals surface area contributed by atoms with Gasteiger partial charge in [0.15, 0.2) is 0 Å². The van der Waals surface area contributed by atoms with E-state index in [0.717, 1.165) is 15.7 Å². The van der Waals surface area contributed by atoms with E-state index in [-0.39, 0.29) is 0 Å². The number of halogens is 1. The van der Waals surface area contributed by atoms with Crippen molar-refractivity contribution in [1.29, 1.82) is 0 Å². The second-order valence-corrected chi connectivity index (χ2v) is 5.68. The molecule has 0 saturated carbocycles. The van der Waals surface area contributed by atoms with E-state index in [1.165, 1.54) is 22.0 Å². The van der Waals surface area contributed by atoms with Gasteiger partial charge in [-0.3, -0.25) is 0 Å². The highest BCUT2D eigenvalue weighted by atomic mass is 79.9. The third-order valence-corrected chi connectivity index (χ3v) is 4.12. The lowest BCUT2D eigenvalue weighted by Gasteiger charge is -2.12. The second-order valence-electron chi connectivity index (χ2n) is 4.77. The summed E-state index contributed by atoms with van der Waals surface area (Å²) in [5.74, 6) is 0. The molecule has 4 rings (SSSR count). The maximum atomic E-state index is 4.72. The van der Waals surface area contributed by atoms with Crippen molar-refractivity contribution in [3.63, 3.8) is 0 Å². The summed E-state index contributed by atoms with van der Waals surface area (Å²) in [5, 5.41) is 2.42. The van der Waals surface area contributed by atoms with Gasteiger partial charge < -0.3 is 4.57 Å². The lowest BCUT2D eigenvalue weighted by atomic mass is 10.1. The number of pyridine rings is 1. The van der Waals surface area contributed by atoms with Crippen LogP contribution in [0.25, 0.3) is 33.2 Å². The van der Waals surface area contributed by atoms with Crippen molar-refractivity contribution in [2.24, 2.45) is 7.05 Å². The fraction of sp³-hybridized carbons (Fsp3) is 0.0625. The van der Waals surface area contributed by atoms with Crippen LogP contribution in [0.4, 0.5) is 0 Å². The topological polar surface area (TPSA) is 17.8 Å². The zero-order chi connectivity index (χ0) is 13.0. The van der Waals surface area contributed by atoms with Crippen molar-refractivity contribution in [2.45, 2.75) is 0 Å². The Bertz CT molecular complexity index is 892. The van der Waals surface area contributed by atoms with Gasteiger partial charge >= 0.3 is 0 Å². The van der Waals surface area contributed by atoms with Gasteiger partial charge in [-0.1, -0.05) is 40.2 Å². The lowest BCUT2D eigenvalue weighted by molar-refractivity contribution is 0.966. The monoisotopic (exact) mass is 310 g/mol. The summed E-state index contributed by atoms with van der Waals surface area (Å²) in [6.45, 7) is 0. The molecule has 0 aromatic heterocycles. The van der Waals surface area contributed by atoms with Gasteiger partial charge in [0.05, 0.1) is 16.9 Å². The van der Waals surface area contributed by atoms with Gasteiger partial charge in [0.25, 0.3) is 0 Å². The number of rotatable bonds is 0. The zero-order valence-electron chi connectivity index (χ0n) is 10.4. The summed E-state index contributed by atoms with van der Waals surface area (Å²) in [4.78, 5) is 4.72. The van der Waals surface area contributed by atoms with Gasteiger partial charge in [-0.2, -0.15) is 0 Å². The average Bonchev–Trinajstić information content (AvgIpc) is 2.78. The summed E-state index contributed by atoms with van der Waals surface area (Å²) >= 11 is 3.54. The maximum Gasteiger partial charge on any atom is 0.0887 e. The van der Waals surface area contributed by atoms with E-state index < -0.39 is 0 Å². The molecule has 19 heavy (non-hydrogen) atoms. The number of aromatic nitrogens is 2. The first kappa shape index (κ1) is 11.0. The van der Waals surface area contributed by atoms with Crippen molar-refractivity contribution in [3.05, 3.63) is 53.0 Å². The van der Waals surface area contributed by atoms with Gasteiger partial charge in [0, 0.05) is 27.8 Å². The number of para-hydroxylation sites is 1. The molecule has 0 radical (unpaired) electrons. The third kappa shape index (κ3) is 1.51. The molecule has 2 aromatic carbocycles. The quantitative estimate of drug-likeness (QED) is 0.464. The molecule has 92 valence electrons. The van der Waals surface area contributed by atoms with E-state index in [1.54, 1.807) is 0 Å². The molecule has 0 spiro atoms. The second kappa shape index (κ2) is 3.81. The van der Waals surface area contributed by atoms with E-state index in [9.17, 15) is 0 Å². The number of benzene rings is 2. The first-order chi connectivity index (χ1) is 9.24. The predicted molar refractivity (Wildman–Crippen MR) is 82.5 cm³/mol. The minimum absolute atomic E-state index is 1.05. The van der Waals surface area contributed by atoms with E-state index in [0.29, 0.717) is 0 Å². The molecule has 0 amide bonds. The molecular weight excluding hydrogens is 300 g/mol. The molecule has 0 N–H and O–H groups in total. The minimum Gasteiger partial charge on any atom is -0.342 e. The SMILES string of the molecule is Cn1c2c3ccccc3nc-2cc2ccc(Br)cc21. The summed E-state index contributed by atoms with van der Waals surface area (Å²) < 4.78 is 3.32. The molecule has 2 aliphatic heterocycles. The summed E-state index contributed by atoms with van der Waals surface area (Å²) in [6.07, 6.45) is 0. The number of hydrogen-bond donors (Lipinski definition) is 0. The van der Waals surface area contributed by atoms with Gasteiger partial charge in [0.1, 0.15) is 0 Å². The minimum atomic E-state index is 1.05. The summed E-state index contributed by atoms with van der Waals surface area (Å²) in [6, 6.07) is 16.8. The molecular formula is C16H11BrN2. The Balaban J connectivity index is 2.27. The molecule has 0 unspecified atom stereocenters. The molecule has 0 saturated heterocycles. The highest BCUT2D eigenvalue weighted by Gasteiger charge is 2.15. The Morgan fingerprint density at radius 2 is 1.89 bits per heavy atom. The number of fused-ring (bicyclic) bond motifs is 4. The molecule has 0 bridgehead atoms. The molecule has 0 atom stereocenters. The highest BCUT2D eigenvalue weighted by Crippen LogP contribution is 2.34. The van der Waals surface area contributed by atoms with Crippen molar-refractivity contribution in [2.75, 3.05) is 0 Å². The molecule has 2 aliphatic rings. The summed E-state index contributed by atoms with van der Waals surface area (Å²) in [7, 11) is 2.10. The highest BCUT2D eigenvalue weighted by molar-refractivity contribution is 9.10. The summed E-state index contributed by atoms with van der Waals surface area (Å²) in [5.41, 5.74) is 4.52. The van der Waals surface area contributed by atoms with Gasteiger partial charge in [-0.15, -0.1) is 0 Å². The molecule has 0 aliphatic carbocycles.